The van der Waals surface area contributed by atoms with Gasteiger partial charge in [0.25, 0.3) is 0 Å². The average Bonchev–Trinajstić information content (AvgIpc) is 3.41. The lowest BCUT2D eigenvalue weighted by Gasteiger charge is -2.30. The van der Waals surface area contributed by atoms with Crippen molar-refractivity contribution >= 4 is 30.9 Å². The minimum atomic E-state index is -2.41. The monoisotopic (exact) mass is 605 g/mol. The van der Waals surface area contributed by atoms with E-state index in [-0.39, 0.29) is 30.3 Å². The fourth-order valence-electron chi connectivity index (χ4n) is 5.58. The minimum Gasteiger partial charge on any atom is -0.432 e. The van der Waals surface area contributed by atoms with Crippen molar-refractivity contribution in [2.24, 2.45) is 5.92 Å². The third-order valence-electron chi connectivity index (χ3n) is 7.27. The molecule has 0 radical (unpaired) electrons. The number of hydrogen-bond donors (Lipinski definition) is 2. The molecule has 1 unspecified atom stereocenters. The average molecular weight is 606 g/mol. The Morgan fingerprint density at radius 3 is 2.54 bits per heavy atom. The van der Waals surface area contributed by atoms with Gasteiger partial charge in [-0.3, -0.25) is 4.68 Å². The largest absolute Gasteiger partial charge is 0.432 e. The highest BCUT2D eigenvalue weighted by atomic mass is 127. The normalized spacial score (nSPS) is 23.5. The van der Waals surface area contributed by atoms with Gasteiger partial charge in [-0.2, -0.15) is 0 Å². The second kappa shape index (κ2) is 11.6. The first kappa shape index (κ1) is 26.5. The van der Waals surface area contributed by atoms with E-state index in [2.05, 4.69) is 64.1 Å². The van der Waals surface area contributed by atoms with Gasteiger partial charge < -0.3 is 14.6 Å². The fourth-order valence-corrected chi connectivity index (χ4v) is 8.84. The van der Waals surface area contributed by atoms with Crippen LogP contribution in [0.4, 0.5) is 0 Å². The molecule has 0 bridgehead atoms. The Morgan fingerprint density at radius 2 is 1.86 bits per heavy atom. The van der Waals surface area contributed by atoms with Gasteiger partial charge in [-0.25, -0.2) is 0 Å². The minimum absolute atomic E-state index is 0.00740. The molecule has 1 aliphatic rings. The van der Waals surface area contributed by atoms with Crippen LogP contribution in [0.5, 0.6) is 0 Å². The van der Waals surface area contributed by atoms with Crippen LogP contribution < -0.4 is 0 Å². The zero-order valence-electron chi connectivity index (χ0n) is 20.7. The highest BCUT2D eigenvalue weighted by molar-refractivity contribution is 14.1. The van der Waals surface area contributed by atoms with Crippen LogP contribution in [0, 0.1) is 9.49 Å². The molecule has 1 saturated heterocycles. The van der Waals surface area contributed by atoms with Crippen molar-refractivity contribution < 1.29 is 14.6 Å². The van der Waals surface area contributed by atoms with Crippen LogP contribution in [-0.4, -0.2) is 52.0 Å². The number of rotatable bonds is 10. The molecule has 5 atom stereocenters. The number of aromatic nitrogens is 3. The third kappa shape index (κ3) is 6.59. The van der Waals surface area contributed by atoms with Crippen LogP contribution >= 0.6 is 22.6 Å². The predicted octanol–water partition coefficient (Wildman–Crippen LogP) is 5.00. The van der Waals surface area contributed by atoms with Crippen molar-refractivity contribution in [1.82, 2.24) is 15.0 Å². The topological polar surface area (TPSA) is 80.4 Å². The van der Waals surface area contributed by atoms with Crippen LogP contribution in [-0.2, 0) is 17.7 Å². The van der Waals surface area contributed by atoms with E-state index in [9.17, 15) is 9.90 Å². The Labute approximate surface area is 223 Å². The van der Waals surface area contributed by atoms with E-state index in [1.807, 2.05) is 54.3 Å². The van der Waals surface area contributed by atoms with E-state index in [0.717, 1.165) is 30.5 Å². The number of benzene rings is 2. The Bertz CT molecular complexity index is 1090. The van der Waals surface area contributed by atoms with E-state index in [4.69, 9.17) is 4.74 Å². The smallest absolute Gasteiger partial charge is 0.188 e. The maximum Gasteiger partial charge on any atom is 0.188 e. The Morgan fingerprint density at radius 1 is 1.09 bits per heavy atom. The van der Waals surface area contributed by atoms with Gasteiger partial charge >= 0.3 is 0 Å². The van der Waals surface area contributed by atoms with Gasteiger partial charge in [0.15, 0.2) is 8.32 Å². The molecule has 2 N–H and O–H groups in total. The zero-order valence-corrected chi connectivity index (χ0v) is 23.9. The molecule has 1 fully saturated rings. The fraction of sp³-hybridized carbons (Fsp3) is 0.481. The third-order valence-corrected chi connectivity index (χ3v) is 10.5. The van der Waals surface area contributed by atoms with Gasteiger partial charge in [-0.05, 0) is 84.1 Å². The summed E-state index contributed by atoms with van der Waals surface area (Å²) in [7, 11) is -2.41. The molecule has 0 saturated carbocycles. The van der Waals surface area contributed by atoms with Crippen molar-refractivity contribution in [3.05, 3.63) is 81.2 Å². The second-order valence-electron chi connectivity index (χ2n) is 10.3. The van der Waals surface area contributed by atoms with Gasteiger partial charge in [0.05, 0.1) is 30.4 Å². The number of aryl methyl sites for hydroxylation is 2. The number of nitrogens with zero attached hydrogens (tertiary/aromatic N) is 3. The number of aliphatic hydroxyl groups excluding tert-OH is 1. The molecule has 0 aliphatic carbocycles. The molecule has 0 spiro atoms. The molecule has 1 aromatic heterocycles. The molecule has 0 amide bonds. The Hall–Kier alpha value is -1.59. The number of aliphatic hydroxyl groups is 1. The predicted molar refractivity (Wildman–Crippen MR) is 149 cm³/mol. The lowest BCUT2D eigenvalue weighted by molar-refractivity contribution is 0.0245. The lowest BCUT2D eigenvalue weighted by Crippen LogP contribution is -2.40. The first-order chi connectivity index (χ1) is 16.8. The highest BCUT2D eigenvalue weighted by Crippen LogP contribution is 2.45. The molecular formula is C27H36IN3O3Si. The summed E-state index contributed by atoms with van der Waals surface area (Å²) in [6.07, 6.45) is 4.80. The molecule has 1 aliphatic heterocycles. The van der Waals surface area contributed by atoms with Gasteiger partial charge in [0.2, 0.25) is 0 Å². The standard InChI is InChI=1S/C27H36IN3O3Si/c1-19-25(13-12-20-8-7-11-22(28)16-20)34-26(27(19)35(2,3)33)14-15-31-17-24(29-30-31)23(18-32)21-9-5-4-6-10-21/h4-11,16-17,19,23,25-27,32-33H,12-15,18H2,1-3H3/t19-,23?,25+,26-,27+/m0/s1. The van der Waals surface area contributed by atoms with Crippen LogP contribution in [0.3, 0.4) is 0 Å². The Kier molecular flexibility index (Phi) is 8.80. The number of ether oxygens (including phenoxy) is 1. The van der Waals surface area contributed by atoms with Gasteiger partial charge in [0, 0.05) is 21.9 Å². The van der Waals surface area contributed by atoms with Crippen LogP contribution in [0.2, 0.25) is 18.6 Å². The molecule has 188 valence electrons. The van der Waals surface area contributed by atoms with Gasteiger partial charge in [-0.1, -0.05) is 54.6 Å². The highest BCUT2D eigenvalue weighted by Gasteiger charge is 2.49. The van der Waals surface area contributed by atoms with E-state index in [1.165, 1.54) is 9.13 Å². The summed E-state index contributed by atoms with van der Waals surface area (Å²) in [6.45, 7) is 6.97. The van der Waals surface area contributed by atoms with Crippen molar-refractivity contribution in [3.8, 4) is 0 Å². The van der Waals surface area contributed by atoms with Crippen molar-refractivity contribution in [1.29, 1.82) is 0 Å². The van der Waals surface area contributed by atoms with E-state index < -0.39 is 8.32 Å². The summed E-state index contributed by atoms with van der Waals surface area (Å²) in [5, 5.41) is 18.6. The van der Waals surface area contributed by atoms with Crippen LogP contribution in [0.1, 0.15) is 42.5 Å². The molecule has 4 rings (SSSR count). The maximum atomic E-state index is 11.1. The van der Waals surface area contributed by atoms with Crippen molar-refractivity contribution in [2.75, 3.05) is 6.61 Å². The summed E-state index contributed by atoms with van der Waals surface area (Å²) in [6, 6.07) is 18.5. The summed E-state index contributed by atoms with van der Waals surface area (Å²) in [5.41, 5.74) is 3.31. The first-order valence-corrected chi connectivity index (χ1v) is 16.5. The first-order valence-electron chi connectivity index (χ1n) is 12.4. The molecule has 6 nitrogen and oxygen atoms in total. The van der Waals surface area contributed by atoms with Crippen LogP contribution in [0.25, 0.3) is 0 Å². The van der Waals surface area contributed by atoms with E-state index in [1.54, 1.807) is 0 Å². The molecule has 35 heavy (non-hydrogen) atoms. The maximum absolute atomic E-state index is 11.1. The molecular weight excluding hydrogens is 569 g/mol. The molecule has 3 aromatic rings. The van der Waals surface area contributed by atoms with E-state index >= 15 is 0 Å². The summed E-state index contributed by atoms with van der Waals surface area (Å²) >= 11 is 2.36. The molecule has 2 aromatic carbocycles. The lowest BCUT2D eigenvalue weighted by atomic mass is 9.95. The SMILES string of the molecule is C[C@@H]1[C@@H]([Si](C)(C)O)[C@H](CCn2cc(C(CO)c3ccccc3)nn2)O[C@@H]1CCc1cccc(I)c1. The second-order valence-corrected chi connectivity index (χ2v) is 15.5. The number of halogens is 1. The van der Waals surface area contributed by atoms with Gasteiger partial charge in [0.1, 0.15) is 0 Å². The van der Waals surface area contributed by atoms with Gasteiger partial charge in [-0.15, -0.1) is 5.10 Å². The van der Waals surface area contributed by atoms with Crippen LogP contribution in [0.15, 0.2) is 60.8 Å². The van der Waals surface area contributed by atoms with Crippen molar-refractivity contribution in [2.45, 2.75) is 69.5 Å². The summed E-state index contributed by atoms with van der Waals surface area (Å²) < 4.78 is 9.70. The quantitative estimate of drug-likeness (QED) is 0.251. The summed E-state index contributed by atoms with van der Waals surface area (Å²) in [4.78, 5) is 11.1. The zero-order chi connectivity index (χ0) is 25.0. The van der Waals surface area contributed by atoms with Crippen molar-refractivity contribution in [3.63, 3.8) is 0 Å². The molecule has 2 heterocycles. The van der Waals surface area contributed by atoms with E-state index in [0.29, 0.717) is 12.5 Å². The number of hydrogen-bond acceptors (Lipinski definition) is 5. The Balaban J connectivity index is 1.41. The molecule has 8 heteroatoms. The summed E-state index contributed by atoms with van der Waals surface area (Å²) in [5.74, 6) is 0.132.